The van der Waals surface area contributed by atoms with Crippen LogP contribution in [0.2, 0.25) is 0 Å². The van der Waals surface area contributed by atoms with E-state index in [1.807, 2.05) is 13.0 Å². The Bertz CT molecular complexity index is 626. The second-order valence-electron chi connectivity index (χ2n) is 4.56. The highest BCUT2D eigenvalue weighted by Crippen LogP contribution is 2.24. The first kappa shape index (κ1) is 12.1. The average Bonchev–Trinajstić information content (AvgIpc) is 3.09. The van der Waals surface area contributed by atoms with Crippen LogP contribution in [0.3, 0.4) is 0 Å². The Hall–Kier alpha value is -1.95. The lowest BCUT2D eigenvalue weighted by Crippen LogP contribution is -2.17. The van der Waals surface area contributed by atoms with E-state index < -0.39 is 0 Å². The number of hydrogen-bond donors (Lipinski definition) is 0. The molecule has 0 aromatic carbocycles. The number of hydrogen-bond acceptors (Lipinski definition) is 5. The molecular formula is C13H15N3O3. The van der Waals surface area contributed by atoms with Crippen LogP contribution in [0.15, 0.2) is 27.6 Å². The summed E-state index contributed by atoms with van der Waals surface area (Å²) in [5.41, 5.74) is 0.594. The molecule has 1 aliphatic heterocycles. The van der Waals surface area contributed by atoms with Crippen molar-refractivity contribution in [1.29, 1.82) is 0 Å². The van der Waals surface area contributed by atoms with Gasteiger partial charge in [0.25, 0.3) is 11.4 Å². The molecule has 0 aliphatic carbocycles. The smallest absolute Gasteiger partial charge is 0.258 e. The topological polar surface area (TPSA) is 70.2 Å². The maximum Gasteiger partial charge on any atom is 0.258 e. The first-order valence-corrected chi connectivity index (χ1v) is 6.40. The summed E-state index contributed by atoms with van der Waals surface area (Å²) in [7, 11) is 0. The molecule has 6 nitrogen and oxygen atoms in total. The number of pyridine rings is 1. The Morgan fingerprint density at radius 2 is 2.42 bits per heavy atom. The van der Waals surface area contributed by atoms with E-state index in [4.69, 9.17) is 9.26 Å². The minimum atomic E-state index is -0.0658. The van der Waals surface area contributed by atoms with Crippen molar-refractivity contribution in [2.75, 3.05) is 13.2 Å². The maximum absolute atomic E-state index is 11.8. The van der Waals surface area contributed by atoms with Crippen LogP contribution in [0.1, 0.15) is 25.1 Å². The molecule has 3 rings (SSSR count). The highest BCUT2D eigenvalue weighted by atomic mass is 16.5. The summed E-state index contributed by atoms with van der Waals surface area (Å²) in [4.78, 5) is 16.1. The summed E-state index contributed by atoms with van der Waals surface area (Å²) >= 11 is 0. The van der Waals surface area contributed by atoms with Crippen LogP contribution in [0.25, 0.3) is 11.5 Å². The van der Waals surface area contributed by atoms with Crippen molar-refractivity contribution in [3.05, 3.63) is 34.5 Å². The molecule has 1 saturated heterocycles. The number of ether oxygens (including phenoxy) is 1. The highest BCUT2D eigenvalue weighted by molar-refractivity contribution is 5.51. The molecule has 0 bridgehead atoms. The zero-order valence-electron chi connectivity index (χ0n) is 10.7. The predicted molar refractivity (Wildman–Crippen MR) is 67.8 cm³/mol. The third-order valence-corrected chi connectivity index (χ3v) is 3.32. The van der Waals surface area contributed by atoms with Gasteiger partial charge in [-0.25, -0.2) is 0 Å². The molecule has 19 heavy (non-hydrogen) atoms. The number of rotatable bonds is 3. The standard InChI is InChI=1S/C13H15N3O3/c1-2-16-5-3-9(7-11(16)17)13-14-12(15-19-13)10-4-6-18-8-10/h3,5,7,10H,2,4,6,8H2,1H3/t10-/m0/s1. The third kappa shape index (κ3) is 2.31. The summed E-state index contributed by atoms with van der Waals surface area (Å²) in [6.45, 7) is 3.94. The van der Waals surface area contributed by atoms with Gasteiger partial charge in [-0.05, 0) is 19.4 Å². The minimum Gasteiger partial charge on any atom is -0.381 e. The molecule has 6 heteroatoms. The van der Waals surface area contributed by atoms with Crippen LogP contribution >= 0.6 is 0 Å². The minimum absolute atomic E-state index is 0.0658. The highest BCUT2D eigenvalue weighted by Gasteiger charge is 2.23. The van der Waals surface area contributed by atoms with Gasteiger partial charge in [0.15, 0.2) is 5.82 Å². The number of aryl methyl sites for hydroxylation is 1. The summed E-state index contributed by atoms with van der Waals surface area (Å²) < 4.78 is 12.1. The Morgan fingerprint density at radius 3 is 3.11 bits per heavy atom. The van der Waals surface area contributed by atoms with Gasteiger partial charge in [-0.1, -0.05) is 5.16 Å². The summed E-state index contributed by atoms with van der Waals surface area (Å²) in [6, 6.07) is 3.33. The van der Waals surface area contributed by atoms with Gasteiger partial charge in [-0.3, -0.25) is 4.79 Å². The predicted octanol–water partition coefficient (Wildman–Crippen LogP) is 1.42. The molecule has 1 fully saturated rings. The molecule has 1 atom stereocenters. The molecule has 0 N–H and O–H groups in total. The molecule has 0 amide bonds. The molecule has 2 aromatic rings. The van der Waals surface area contributed by atoms with Crippen molar-refractivity contribution in [3.8, 4) is 11.5 Å². The molecular weight excluding hydrogens is 246 g/mol. The van der Waals surface area contributed by atoms with Crippen molar-refractivity contribution < 1.29 is 9.26 Å². The van der Waals surface area contributed by atoms with E-state index in [1.165, 1.54) is 6.07 Å². The van der Waals surface area contributed by atoms with Crippen molar-refractivity contribution in [1.82, 2.24) is 14.7 Å². The first-order valence-electron chi connectivity index (χ1n) is 6.40. The Labute approximate surface area is 110 Å². The fourth-order valence-corrected chi connectivity index (χ4v) is 2.16. The van der Waals surface area contributed by atoms with E-state index in [2.05, 4.69) is 10.1 Å². The lowest BCUT2D eigenvalue weighted by molar-refractivity contribution is 0.192. The molecule has 0 unspecified atom stereocenters. The van der Waals surface area contributed by atoms with Gasteiger partial charge in [-0.15, -0.1) is 0 Å². The Balaban J connectivity index is 1.89. The Morgan fingerprint density at radius 1 is 1.53 bits per heavy atom. The number of aromatic nitrogens is 3. The first-order chi connectivity index (χ1) is 9.28. The third-order valence-electron chi connectivity index (χ3n) is 3.32. The summed E-state index contributed by atoms with van der Waals surface area (Å²) in [6.07, 6.45) is 2.65. The molecule has 0 radical (unpaired) electrons. The largest absolute Gasteiger partial charge is 0.381 e. The summed E-state index contributed by atoms with van der Waals surface area (Å²) in [5, 5.41) is 3.97. The van der Waals surface area contributed by atoms with Gasteiger partial charge in [0.05, 0.1) is 6.61 Å². The molecule has 1 aliphatic rings. The van der Waals surface area contributed by atoms with Gasteiger partial charge >= 0.3 is 0 Å². The molecule has 0 spiro atoms. The summed E-state index contributed by atoms with van der Waals surface area (Å²) in [5.74, 6) is 1.25. The average molecular weight is 261 g/mol. The van der Waals surface area contributed by atoms with E-state index in [-0.39, 0.29) is 11.5 Å². The van der Waals surface area contributed by atoms with E-state index >= 15 is 0 Å². The second-order valence-corrected chi connectivity index (χ2v) is 4.56. The van der Waals surface area contributed by atoms with Crippen LogP contribution in [0.5, 0.6) is 0 Å². The second kappa shape index (κ2) is 4.97. The maximum atomic E-state index is 11.8. The van der Waals surface area contributed by atoms with Crippen LogP contribution < -0.4 is 5.56 Å². The normalized spacial score (nSPS) is 18.9. The molecule has 0 saturated carbocycles. The van der Waals surface area contributed by atoms with Crippen LogP contribution in [0.4, 0.5) is 0 Å². The molecule has 2 aromatic heterocycles. The zero-order chi connectivity index (χ0) is 13.2. The van der Waals surface area contributed by atoms with Gasteiger partial charge in [0.1, 0.15) is 0 Å². The van der Waals surface area contributed by atoms with Crippen LogP contribution in [-0.4, -0.2) is 27.9 Å². The fourth-order valence-electron chi connectivity index (χ4n) is 2.16. The van der Waals surface area contributed by atoms with Crippen molar-refractivity contribution in [3.63, 3.8) is 0 Å². The van der Waals surface area contributed by atoms with E-state index in [0.29, 0.717) is 30.4 Å². The Kier molecular flexibility index (Phi) is 3.16. The lowest BCUT2D eigenvalue weighted by Gasteiger charge is -2.01. The quantitative estimate of drug-likeness (QED) is 0.835. The van der Waals surface area contributed by atoms with Gasteiger partial charge in [0.2, 0.25) is 0 Å². The van der Waals surface area contributed by atoms with Crippen molar-refractivity contribution in [2.24, 2.45) is 0 Å². The fraction of sp³-hybridized carbons (Fsp3) is 0.462. The van der Waals surface area contributed by atoms with E-state index in [0.717, 1.165) is 13.0 Å². The molecule has 3 heterocycles. The van der Waals surface area contributed by atoms with E-state index in [1.54, 1.807) is 10.8 Å². The number of nitrogens with zero attached hydrogens (tertiary/aromatic N) is 3. The van der Waals surface area contributed by atoms with Gasteiger partial charge in [-0.2, -0.15) is 4.98 Å². The van der Waals surface area contributed by atoms with Crippen LogP contribution in [0, 0.1) is 0 Å². The zero-order valence-corrected chi connectivity index (χ0v) is 10.7. The van der Waals surface area contributed by atoms with E-state index in [9.17, 15) is 4.79 Å². The SMILES string of the molecule is CCn1ccc(-c2nc([C@H]3CCOC3)no2)cc1=O. The monoisotopic (exact) mass is 261 g/mol. The van der Waals surface area contributed by atoms with Crippen molar-refractivity contribution >= 4 is 0 Å². The van der Waals surface area contributed by atoms with Crippen LogP contribution in [-0.2, 0) is 11.3 Å². The molecule has 100 valence electrons. The van der Waals surface area contributed by atoms with Gasteiger partial charge < -0.3 is 13.8 Å². The van der Waals surface area contributed by atoms with Gasteiger partial charge in [0, 0.05) is 36.9 Å². The lowest BCUT2D eigenvalue weighted by atomic mass is 10.1. The van der Waals surface area contributed by atoms with Crippen molar-refractivity contribution in [2.45, 2.75) is 25.8 Å².